The molecule has 0 spiro atoms. The standard InChI is InChI=1S/C19H31NO5/c1-12-8-19(23-6,25-14(3)13(12)2)9-17(22)20-10-15-7-16(21)18(4,5)11-24-15/h13-15H,1,7-11H2,2-6H3,(H,20,22)/t13?,14?,15?,19-/m1/s1. The van der Waals surface area contributed by atoms with Gasteiger partial charge in [-0.3, -0.25) is 9.59 Å². The molecular formula is C19H31NO5. The normalized spacial score (nSPS) is 35.5. The maximum atomic E-state index is 12.4. The van der Waals surface area contributed by atoms with Crippen molar-refractivity contribution in [2.75, 3.05) is 20.3 Å². The molecule has 2 fully saturated rings. The highest BCUT2D eigenvalue weighted by Gasteiger charge is 2.43. The number of hydrogen-bond donors (Lipinski definition) is 1. The van der Waals surface area contributed by atoms with Gasteiger partial charge in [0, 0.05) is 37.8 Å². The Kier molecular flexibility index (Phi) is 6.07. The summed E-state index contributed by atoms with van der Waals surface area (Å²) in [6, 6.07) is 0. The molecule has 6 nitrogen and oxygen atoms in total. The summed E-state index contributed by atoms with van der Waals surface area (Å²) in [5.41, 5.74) is 0.584. The van der Waals surface area contributed by atoms with Crippen LogP contribution in [-0.4, -0.2) is 49.9 Å². The van der Waals surface area contributed by atoms with E-state index in [0.717, 1.165) is 5.57 Å². The number of hydrogen-bond acceptors (Lipinski definition) is 5. The summed E-state index contributed by atoms with van der Waals surface area (Å²) in [4.78, 5) is 24.4. The Morgan fingerprint density at radius 2 is 2.08 bits per heavy atom. The third-order valence-electron chi connectivity index (χ3n) is 5.42. The highest BCUT2D eigenvalue weighted by Crippen LogP contribution is 2.38. The number of Topliss-reactive ketones (excluding diaryl/α,β-unsaturated/α-hetero) is 1. The van der Waals surface area contributed by atoms with Gasteiger partial charge in [0.25, 0.3) is 0 Å². The SMILES string of the molecule is C=C1C[C@@](CC(=O)NCC2CC(=O)C(C)(C)CO2)(OC)OC(C)C1C. The number of nitrogens with one attached hydrogen (secondary N) is 1. The third-order valence-corrected chi connectivity index (χ3v) is 5.42. The Hall–Kier alpha value is -1.24. The van der Waals surface area contributed by atoms with Crippen LogP contribution >= 0.6 is 0 Å². The van der Waals surface area contributed by atoms with Gasteiger partial charge in [-0.05, 0) is 6.92 Å². The maximum Gasteiger partial charge on any atom is 0.225 e. The summed E-state index contributed by atoms with van der Waals surface area (Å²) >= 11 is 0. The second kappa shape index (κ2) is 7.56. The van der Waals surface area contributed by atoms with Gasteiger partial charge >= 0.3 is 0 Å². The van der Waals surface area contributed by atoms with Crippen molar-refractivity contribution in [1.29, 1.82) is 0 Å². The maximum absolute atomic E-state index is 12.4. The van der Waals surface area contributed by atoms with Crippen LogP contribution in [-0.2, 0) is 23.8 Å². The predicted octanol–water partition coefficient (Wildman–Crippen LogP) is 2.22. The van der Waals surface area contributed by atoms with Gasteiger partial charge in [-0.25, -0.2) is 0 Å². The summed E-state index contributed by atoms with van der Waals surface area (Å²) in [5.74, 6) is -0.757. The van der Waals surface area contributed by atoms with E-state index in [0.29, 0.717) is 26.0 Å². The summed E-state index contributed by atoms with van der Waals surface area (Å²) in [7, 11) is 1.55. The fraction of sp³-hybridized carbons (Fsp3) is 0.789. The lowest BCUT2D eigenvalue weighted by atomic mass is 9.84. The van der Waals surface area contributed by atoms with E-state index in [2.05, 4.69) is 18.8 Å². The molecule has 2 rings (SSSR count). The fourth-order valence-corrected chi connectivity index (χ4v) is 3.23. The molecule has 0 radical (unpaired) electrons. The van der Waals surface area contributed by atoms with Gasteiger partial charge in [0.05, 0.1) is 25.2 Å². The first-order valence-electron chi connectivity index (χ1n) is 8.91. The molecule has 1 N–H and O–H groups in total. The van der Waals surface area contributed by atoms with Crippen molar-refractivity contribution in [3.63, 3.8) is 0 Å². The second-order valence-corrected chi connectivity index (χ2v) is 7.99. The Bertz CT molecular complexity index is 544. The van der Waals surface area contributed by atoms with Crippen LogP contribution in [0.3, 0.4) is 0 Å². The number of carbonyl (C=O) groups excluding carboxylic acids is 2. The Labute approximate surface area is 150 Å². The molecule has 0 aromatic carbocycles. The minimum Gasteiger partial charge on any atom is -0.375 e. The first kappa shape index (κ1) is 20.1. The van der Waals surface area contributed by atoms with Crippen molar-refractivity contribution in [2.24, 2.45) is 11.3 Å². The van der Waals surface area contributed by atoms with Gasteiger partial charge in [-0.1, -0.05) is 32.9 Å². The van der Waals surface area contributed by atoms with Crippen molar-refractivity contribution in [2.45, 2.75) is 65.0 Å². The topological polar surface area (TPSA) is 73.9 Å². The van der Waals surface area contributed by atoms with Crippen LogP contribution in [0, 0.1) is 11.3 Å². The van der Waals surface area contributed by atoms with E-state index in [9.17, 15) is 9.59 Å². The van der Waals surface area contributed by atoms with Gasteiger partial charge in [0.15, 0.2) is 5.79 Å². The van der Waals surface area contributed by atoms with Crippen molar-refractivity contribution in [3.05, 3.63) is 12.2 Å². The average Bonchev–Trinajstić information content (AvgIpc) is 2.54. The zero-order valence-electron chi connectivity index (χ0n) is 16.0. The summed E-state index contributed by atoms with van der Waals surface area (Å²) in [6.45, 7) is 12.6. The molecule has 2 aliphatic rings. The molecule has 6 heteroatoms. The molecule has 1 amide bonds. The largest absolute Gasteiger partial charge is 0.375 e. The predicted molar refractivity (Wildman–Crippen MR) is 94.0 cm³/mol. The molecule has 4 atom stereocenters. The van der Waals surface area contributed by atoms with Crippen LogP contribution < -0.4 is 5.32 Å². The molecule has 0 aromatic heterocycles. The van der Waals surface area contributed by atoms with Crippen LogP contribution in [0.25, 0.3) is 0 Å². The molecule has 2 heterocycles. The number of carbonyl (C=O) groups is 2. The van der Waals surface area contributed by atoms with Crippen LogP contribution in [0.1, 0.15) is 47.0 Å². The Morgan fingerprint density at radius 1 is 1.40 bits per heavy atom. The monoisotopic (exact) mass is 353 g/mol. The van der Waals surface area contributed by atoms with Crippen molar-refractivity contribution < 1.29 is 23.8 Å². The van der Waals surface area contributed by atoms with Crippen LogP contribution in [0.4, 0.5) is 0 Å². The van der Waals surface area contributed by atoms with Crippen LogP contribution in [0.2, 0.25) is 0 Å². The highest BCUT2D eigenvalue weighted by molar-refractivity contribution is 5.85. The average molecular weight is 353 g/mol. The van der Waals surface area contributed by atoms with E-state index in [-0.39, 0.29) is 36.2 Å². The molecular weight excluding hydrogens is 322 g/mol. The first-order chi connectivity index (χ1) is 11.6. The van der Waals surface area contributed by atoms with E-state index in [4.69, 9.17) is 14.2 Å². The number of methoxy groups -OCH3 is 1. The van der Waals surface area contributed by atoms with E-state index in [1.807, 2.05) is 20.8 Å². The van der Waals surface area contributed by atoms with Crippen molar-refractivity contribution in [3.8, 4) is 0 Å². The highest BCUT2D eigenvalue weighted by atomic mass is 16.7. The summed E-state index contributed by atoms with van der Waals surface area (Å²) in [6.07, 6.45) is 0.574. The van der Waals surface area contributed by atoms with Gasteiger partial charge < -0.3 is 19.5 Å². The van der Waals surface area contributed by atoms with Crippen LogP contribution in [0.5, 0.6) is 0 Å². The van der Waals surface area contributed by atoms with E-state index < -0.39 is 11.2 Å². The molecule has 0 aliphatic carbocycles. The summed E-state index contributed by atoms with van der Waals surface area (Å²) < 4.78 is 17.2. The number of amides is 1. The van der Waals surface area contributed by atoms with Crippen molar-refractivity contribution in [1.82, 2.24) is 5.32 Å². The van der Waals surface area contributed by atoms with Gasteiger partial charge in [-0.2, -0.15) is 0 Å². The van der Waals surface area contributed by atoms with E-state index in [1.165, 1.54) is 0 Å². The Balaban J connectivity index is 1.87. The summed E-state index contributed by atoms with van der Waals surface area (Å²) in [5, 5.41) is 2.84. The first-order valence-corrected chi connectivity index (χ1v) is 8.91. The minimum atomic E-state index is -0.974. The zero-order valence-corrected chi connectivity index (χ0v) is 16.0. The second-order valence-electron chi connectivity index (χ2n) is 7.99. The van der Waals surface area contributed by atoms with E-state index >= 15 is 0 Å². The van der Waals surface area contributed by atoms with Gasteiger partial charge in [-0.15, -0.1) is 0 Å². The lowest BCUT2D eigenvalue weighted by Gasteiger charge is -2.43. The lowest BCUT2D eigenvalue weighted by molar-refractivity contribution is -0.263. The molecule has 0 aromatic rings. The zero-order chi connectivity index (χ0) is 18.8. The quantitative estimate of drug-likeness (QED) is 0.767. The van der Waals surface area contributed by atoms with Crippen molar-refractivity contribution >= 4 is 11.7 Å². The number of ether oxygens (including phenoxy) is 3. The third kappa shape index (κ3) is 4.68. The van der Waals surface area contributed by atoms with Gasteiger partial charge in [0.1, 0.15) is 5.78 Å². The lowest BCUT2D eigenvalue weighted by Crippen LogP contribution is -2.50. The van der Waals surface area contributed by atoms with Gasteiger partial charge in [0.2, 0.25) is 5.91 Å². The molecule has 0 bridgehead atoms. The molecule has 0 saturated carbocycles. The number of rotatable bonds is 5. The Morgan fingerprint density at radius 3 is 2.64 bits per heavy atom. The molecule has 3 unspecified atom stereocenters. The fourth-order valence-electron chi connectivity index (χ4n) is 3.23. The van der Waals surface area contributed by atoms with E-state index in [1.54, 1.807) is 7.11 Å². The molecule has 2 saturated heterocycles. The molecule has 2 aliphatic heterocycles. The molecule has 25 heavy (non-hydrogen) atoms. The minimum absolute atomic E-state index is 0.0597. The molecule has 142 valence electrons. The number of ketones is 1. The van der Waals surface area contributed by atoms with Crippen LogP contribution in [0.15, 0.2) is 12.2 Å². The smallest absolute Gasteiger partial charge is 0.225 e.